The minimum Gasteiger partial charge on any atom is -0.386 e. The molecule has 1 aliphatic rings. The van der Waals surface area contributed by atoms with Crippen LogP contribution in [-0.4, -0.2) is 17.1 Å². The van der Waals surface area contributed by atoms with Gasteiger partial charge in [0.2, 0.25) is 5.91 Å². The SMILES string of the molecule is Cc1cccc(C2(C(=O)N[C@H](C)[C@@H](O)c3cccc(F)c3)CCCC2)c1. The van der Waals surface area contributed by atoms with Crippen LogP contribution in [0.4, 0.5) is 4.39 Å². The number of carbonyl (C=O) groups excluding carboxylic acids is 1. The van der Waals surface area contributed by atoms with E-state index in [-0.39, 0.29) is 5.91 Å². The summed E-state index contributed by atoms with van der Waals surface area (Å²) in [7, 11) is 0. The van der Waals surface area contributed by atoms with Gasteiger partial charge in [0.05, 0.1) is 17.6 Å². The minimum atomic E-state index is -0.953. The Kier molecular flexibility index (Phi) is 5.42. The first-order chi connectivity index (χ1) is 12.4. The molecule has 0 heterocycles. The molecular weight excluding hydrogens is 329 g/mol. The number of amides is 1. The molecular formula is C22H26FNO2. The van der Waals surface area contributed by atoms with Gasteiger partial charge < -0.3 is 10.4 Å². The summed E-state index contributed by atoms with van der Waals surface area (Å²) in [6.45, 7) is 3.78. The second-order valence-corrected chi connectivity index (χ2v) is 7.42. The lowest BCUT2D eigenvalue weighted by atomic mass is 9.77. The highest BCUT2D eigenvalue weighted by Gasteiger charge is 2.43. The van der Waals surface area contributed by atoms with Crippen LogP contribution in [0.15, 0.2) is 48.5 Å². The van der Waals surface area contributed by atoms with Crippen LogP contribution < -0.4 is 5.32 Å². The van der Waals surface area contributed by atoms with E-state index in [0.717, 1.165) is 36.8 Å². The summed E-state index contributed by atoms with van der Waals surface area (Å²) >= 11 is 0. The molecule has 138 valence electrons. The number of hydrogen-bond acceptors (Lipinski definition) is 2. The number of carbonyl (C=O) groups is 1. The molecule has 3 rings (SSSR count). The van der Waals surface area contributed by atoms with Gasteiger partial charge in [0, 0.05) is 0 Å². The maximum Gasteiger partial charge on any atom is 0.230 e. The van der Waals surface area contributed by atoms with Crippen LogP contribution >= 0.6 is 0 Å². The highest BCUT2D eigenvalue weighted by molar-refractivity contribution is 5.89. The first-order valence-electron chi connectivity index (χ1n) is 9.24. The van der Waals surface area contributed by atoms with E-state index in [4.69, 9.17) is 0 Å². The normalized spacial score (nSPS) is 18.3. The Bertz CT molecular complexity index is 783. The van der Waals surface area contributed by atoms with Gasteiger partial charge in [0.25, 0.3) is 0 Å². The number of aliphatic hydroxyl groups excluding tert-OH is 1. The van der Waals surface area contributed by atoms with E-state index in [1.807, 2.05) is 25.1 Å². The van der Waals surface area contributed by atoms with E-state index in [2.05, 4.69) is 11.4 Å². The molecule has 4 heteroatoms. The van der Waals surface area contributed by atoms with Crippen LogP contribution in [0.1, 0.15) is 55.4 Å². The number of halogens is 1. The third kappa shape index (κ3) is 3.65. The molecule has 1 amide bonds. The number of nitrogens with one attached hydrogen (secondary N) is 1. The third-order valence-electron chi connectivity index (χ3n) is 5.48. The number of aryl methyl sites for hydroxylation is 1. The number of rotatable bonds is 5. The number of hydrogen-bond donors (Lipinski definition) is 2. The van der Waals surface area contributed by atoms with Gasteiger partial charge in [0.15, 0.2) is 0 Å². The molecule has 0 unspecified atom stereocenters. The van der Waals surface area contributed by atoms with Crippen LogP contribution in [0, 0.1) is 12.7 Å². The van der Waals surface area contributed by atoms with E-state index >= 15 is 0 Å². The second kappa shape index (κ2) is 7.58. The van der Waals surface area contributed by atoms with Crippen molar-refractivity contribution in [2.24, 2.45) is 0 Å². The Balaban J connectivity index is 1.80. The Morgan fingerprint density at radius 3 is 2.50 bits per heavy atom. The van der Waals surface area contributed by atoms with Crippen LogP contribution in [-0.2, 0) is 10.2 Å². The maximum absolute atomic E-state index is 13.4. The molecule has 26 heavy (non-hydrogen) atoms. The van der Waals surface area contributed by atoms with Gasteiger partial charge in [-0.1, -0.05) is 54.8 Å². The second-order valence-electron chi connectivity index (χ2n) is 7.42. The zero-order chi connectivity index (χ0) is 18.7. The van der Waals surface area contributed by atoms with E-state index in [1.165, 1.54) is 12.1 Å². The van der Waals surface area contributed by atoms with Gasteiger partial charge >= 0.3 is 0 Å². The van der Waals surface area contributed by atoms with Crippen LogP contribution in [0.25, 0.3) is 0 Å². The smallest absolute Gasteiger partial charge is 0.230 e. The van der Waals surface area contributed by atoms with Gasteiger partial charge in [-0.05, 0) is 49.9 Å². The molecule has 0 saturated heterocycles. The average Bonchev–Trinajstić information content (AvgIpc) is 3.12. The van der Waals surface area contributed by atoms with Crippen molar-refractivity contribution in [2.75, 3.05) is 0 Å². The fourth-order valence-corrected chi connectivity index (χ4v) is 3.97. The van der Waals surface area contributed by atoms with E-state index in [9.17, 15) is 14.3 Å². The average molecular weight is 355 g/mol. The summed E-state index contributed by atoms with van der Waals surface area (Å²) in [4.78, 5) is 13.2. The molecule has 2 N–H and O–H groups in total. The van der Waals surface area contributed by atoms with Gasteiger partial charge in [-0.3, -0.25) is 4.79 Å². The lowest BCUT2D eigenvalue weighted by Crippen LogP contribution is -2.47. The predicted octanol–water partition coefficient (Wildman–Crippen LogP) is 4.18. The summed E-state index contributed by atoms with van der Waals surface area (Å²) in [6.07, 6.45) is 2.70. The molecule has 1 fully saturated rings. The van der Waals surface area contributed by atoms with Crippen LogP contribution in [0.3, 0.4) is 0 Å². The van der Waals surface area contributed by atoms with Gasteiger partial charge in [-0.2, -0.15) is 0 Å². The third-order valence-corrected chi connectivity index (χ3v) is 5.48. The molecule has 2 aromatic rings. The molecule has 0 radical (unpaired) electrons. The van der Waals surface area contributed by atoms with Crippen molar-refractivity contribution < 1.29 is 14.3 Å². The molecule has 2 atom stereocenters. The quantitative estimate of drug-likeness (QED) is 0.845. The number of aliphatic hydroxyl groups is 1. The summed E-state index contributed by atoms with van der Waals surface area (Å²) < 4.78 is 13.4. The molecule has 1 aliphatic carbocycles. The maximum atomic E-state index is 13.4. The number of benzene rings is 2. The van der Waals surface area contributed by atoms with Crippen molar-refractivity contribution in [3.63, 3.8) is 0 Å². The first kappa shape index (κ1) is 18.6. The summed E-state index contributed by atoms with van der Waals surface area (Å²) in [5.74, 6) is -0.448. The first-order valence-corrected chi connectivity index (χ1v) is 9.24. The fourth-order valence-electron chi connectivity index (χ4n) is 3.97. The zero-order valence-electron chi connectivity index (χ0n) is 15.3. The topological polar surface area (TPSA) is 49.3 Å². The highest BCUT2D eigenvalue weighted by atomic mass is 19.1. The molecule has 0 aromatic heterocycles. The van der Waals surface area contributed by atoms with Crippen LogP contribution in [0.2, 0.25) is 0 Å². The molecule has 2 aromatic carbocycles. The van der Waals surface area contributed by atoms with E-state index < -0.39 is 23.4 Å². The van der Waals surface area contributed by atoms with Gasteiger partial charge in [0.1, 0.15) is 5.82 Å². The Hall–Kier alpha value is -2.20. The van der Waals surface area contributed by atoms with E-state index in [0.29, 0.717) is 5.56 Å². The Labute approximate surface area is 154 Å². The van der Waals surface area contributed by atoms with Crippen molar-refractivity contribution in [3.05, 3.63) is 71.0 Å². The molecule has 3 nitrogen and oxygen atoms in total. The molecule has 0 aliphatic heterocycles. The fraction of sp³-hybridized carbons (Fsp3) is 0.409. The molecule has 1 saturated carbocycles. The van der Waals surface area contributed by atoms with Crippen molar-refractivity contribution in [2.45, 2.75) is 57.1 Å². The zero-order valence-corrected chi connectivity index (χ0v) is 15.3. The van der Waals surface area contributed by atoms with Gasteiger partial charge in [-0.15, -0.1) is 0 Å². The van der Waals surface area contributed by atoms with E-state index in [1.54, 1.807) is 19.1 Å². The summed E-state index contributed by atoms with van der Waals surface area (Å²) in [5, 5.41) is 13.5. The lowest BCUT2D eigenvalue weighted by molar-refractivity contribution is -0.128. The van der Waals surface area contributed by atoms with Gasteiger partial charge in [-0.25, -0.2) is 4.39 Å². The Morgan fingerprint density at radius 2 is 1.85 bits per heavy atom. The van der Waals surface area contributed by atoms with Crippen molar-refractivity contribution in [3.8, 4) is 0 Å². The largest absolute Gasteiger partial charge is 0.386 e. The van der Waals surface area contributed by atoms with Crippen molar-refractivity contribution in [1.29, 1.82) is 0 Å². The predicted molar refractivity (Wildman–Crippen MR) is 100 cm³/mol. The molecule has 0 bridgehead atoms. The van der Waals surface area contributed by atoms with Crippen molar-refractivity contribution in [1.82, 2.24) is 5.32 Å². The monoisotopic (exact) mass is 355 g/mol. The lowest BCUT2D eigenvalue weighted by Gasteiger charge is -2.31. The summed E-state index contributed by atoms with van der Waals surface area (Å²) in [5.41, 5.74) is 2.10. The Morgan fingerprint density at radius 1 is 1.15 bits per heavy atom. The highest BCUT2D eigenvalue weighted by Crippen LogP contribution is 2.42. The molecule has 0 spiro atoms. The standard InChI is InChI=1S/C22H26FNO2/c1-15-7-5-9-18(13-15)22(11-3-4-12-22)21(26)24-16(2)20(25)17-8-6-10-19(23)14-17/h5-10,13-14,16,20,25H,3-4,11-12H2,1-2H3,(H,24,26)/t16-,20-/m1/s1. The minimum absolute atomic E-state index is 0.0523. The van der Waals surface area contributed by atoms with Crippen LogP contribution in [0.5, 0.6) is 0 Å². The van der Waals surface area contributed by atoms with Crippen molar-refractivity contribution >= 4 is 5.91 Å². The summed E-state index contributed by atoms with van der Waals surface area (Å²) in [6, 6.07) is 13.5.